The summed E-state index contributed by atoms with van der Waals surface area (Å²) in [5, 5.41) is 6.51. The molecular formula is C25H48N3O+. The molecule has 0 aromatic rings. The Hall–Kier alpha value is -1.29. The minimum Gasteiger partial charge on any atom is -0.351 e. The van der Waals surface area contributed by atoms with Gasteiger partial charge in [-0.2, -0.15) is 0 Å². The average Bonchev–Trinajstić information content (AvgIpc) is 3.11. The van der Waals surface area contributed by atoms with Crippen molar-refractivity contribution < 1.29 is 9.28 Å². The topological polar surface area (TPSA) is 41.1 Å². The molecule has 1 aliphatic heterocycles. The molecule has 4 nitrogen and oxygen atoms in total. The second-order valence-corrected chi connectivity index (χ2v) is 8.62. The summed E-state index contributed by atoms with van der Waals surface area (Å²) in [7, 11) is 0. The molecule has 2 N–H and O–H groups in total. The Balaban J connectivity index is 2.01. The van der Waals surface area contributed by atoms with Crippen LogP contribution in [0.5, 0.6) is 0 Å². The Morgan fingerprint density at radius 3 is 2.17 bits per heavy atom. The Bertz CT molecular complexity index is 475. The minimum absolute atomic E-state index is 0.0658. The summed E-state index contributed by atoms with van der Waals surface area (Å²) in [5.74, 6) is 0.0658. The van der Waals surface area contributed by atoms with Crippen molar-refractivity contribution in [1.29, 1.82) is 0 Å². The lowest BCUT2D eigenvalue weighted by Crippen LogP contribution is -2.55. The van der Waals surface area contributed by atoms with Gasteiger partial charge in [0.15, 0.2) is 6.17 Å². The number of rotatable bonds is 18. The lowest BCUT2D eigenvalue weighted by Gasteiger charge is -2.37. The zero-order valence-corrected chi connectivity index (χ0v) is 19.6. The van der Waals surface area contributed by atoms with Crippen molar-refractivity contribution in [2.24, 2.45) is 0 Å². The maximum absolute atomic E-state index is 11.2. The van der Waals surface area contributed by atoms with Crippen LogP contribution in [0.1, 0.15) is 104 Å². The number of quaternary nitrogens is 1. The standard InChI is InChI=1S/C25H47N3O/c1-4-6-7-8-9-10-11-12-13-14-15-16-17-18-19-25-27-21-23-28(25,5-2)22-20-26-24(3)29/h6-7,21,23,25,27H,4-5,8-20,22H2,1-3H3/p+1/b7-6+. The number of likely N-dealkylation sites (N-methyl/N-ethyl adjacent to an activating group) is 1. The summed E-state index contributed by atoms with van der Waals surface area (Å²) < 4.78 is 0.953. The van der Waals surface area contributed by atoms with E-state index in [9.17, 15) is 4.79 Å². The Kier molecular flexibility index (Phi) is 14.6. The van der Waals surface area contributed by atoms with E-state index in [1.54, 1.807) is 6.92 Å². The fourth-order valence-corrected chi connectivity index (χ4v) is 4.35. The number of nitrogens with zero attached hydrogens (tertiary/aromatic N) is 1. The van der Waals surface area contributed by atoms with Crippen molar-refractivity contribution in [3.05, 3.63) is 24.6 Å². The summed E-state index contributed by atoms with van der Waals surface area (Å²) >= 11 is 0. The van der Waals surface area contributed by atoms with Crippen LogP contribution in [-0.4, -0.2) is 36.2 Å². The molecule has 1 amide bonds. The van der Waals surface area contributed by atoms with Crippen molar-refractivity contribution in [2.45, 2.75) is 110 Å². The smallest absolute Gasteiger partial charge is 0.217 e. The van der Waals surface area contributed by atoms with Crippen molar-refractivity contribution in [1.82, 2.24) is 10.6 Å². The lowest BCUT2D eigenvalue weighted by molar-refractivity contribution is -0.898. The molecule has 1 heterocycles. The fraction of sp³-hybridized carbons (Fsp3) is 0.800. The monoisotopic (exact) mass is 406 g/mol. The maximum atomic E-state index is 11.2. The number of carbonyl (C=O) groups is 1. The van der Waals surface area contributed by atoms with Crippen LogP contribution < -0.4 is 10.6 Å². The first-order valence-corrected chi connectivity index (χ1v) is 12.3. The Morgan fingerprint density at radius 2 is 1.59 bits per heavy atom. The van der Waals surface area contributed by atoms with Crippen LogP contribution in [0.2, 0.25) is 0 Å². The van der Waals surface area contributed by atoms with Gasteiger partial charge in [-0.25, -0.2) is 0 Å². The van der Waals surface area contributed by atoms with Gasteiger partial charge in [0, 0.05) is 13.3 Å². The van der Waals surface area contributed by atoms with E-state index in [0.717, 1.165) is 24.1 Å². The third-order valence-corrected chi connectivity index (χ3v) is 6.27. The largest absolute Gasteiger partial charge is 0.351 e. The van der Waals surface area contributed by atoms with Crippen LogP contribution in [0.4, 0.5) is 0 Å². The molecule has 29 heavy (non-hydrogen) atoms. The molecule has 0 saturated carbocycles. The van der Waals surface area contributed by atoms with Crippen molar-refractivity contribution in [3.63, 3.8) is 0 Å². The van der Waals surface area contributed by atoms with Crippen LogP contribution in [0.15, 0.2) is 24.6 Å². The molecule has 2 unspecified atom stereocenters. The summed E-state index contributed by atoms with van der Waals surface area (Å²) in [6.07, 6.45) is 27.0. The molecule has 0 saturated heterocycles. The molecule has 0 fully saturated rings. The Labute approximate surface area is 180 Å². The van der Waals surface area contributed by atoms with Gasteiger partial charge < -0.3 is 10.6 Å². The highest BCUT2D eigenvalue weighted by molar-refractivity contribution is 5.72. The van der Waals surface area contributed by atoms with Crippen LogP contribution in [0, 0.1) is 0 Å². The van der Waals surface area contributed by atoms with E-state index >= 15 is 0 Å². The average molecular weight is 407 g/mol. The van der Waals surface area contributed by atoms with E-state index in [2.05, 4.69) is 49.0 Å². The minimum atomic E-state index is 0.0658. The number of unbranched alkanes of at least 4 members (excludes halogenated alkanes) is 10. The van der Waals surface area contributed by atoms with E-state index in [0.29, 0.717) is 6.17 Å². The molecule has 0 radical (unpaired) electrons. The number of allylic oxidation sites excluding steroid dienone is 2. The van der Waals surface area contributed by atoms with Gasteiger partial charge in [-0.1, -0.05) is 70.4 Å². The third-order valence-electron chi connectivity index (χ3n) is 6.27. The van der Waals surface area contributed by atoms with Crippen LogP contribution in [-0.2, 0) is 4.79 Å². The molecule has 168 valence electrons. The van der Waals surface area contributed by atoms with Gasteiger partial charge in [0.05, 0.1) is 19.3 Å². The van der Waals surface area contributed by atoms with Gasteiger partial charge in [-0.15, -0.1) is 0 Å². The second-order valence-electron chi connectivity index (χ2n) is 8.62. The first kappa shape index (κ1) is 25.7. The van der Waals surface area contributed by atoms with E-state index in [4.69, 9.17) is 0 Å². The SMILES string of the molecule is CC/C=C/CCCCCCCCCCCCC1NC=C[N+]1(CC)CCNC(C)=O. The fourth-order valence-electron chi connectivity index (χ4n) is 4.35. The van der Waals surface area contributed by atoms with Gasteiger partial charge >= 0.3 is 0 Å². The summed E-state index contributed by atoms with van der Waals surface area (Å²) in [6, 6.07) is 0. The first-order chi connectivity index (χ1) is 14.1. The first-order valence-electron chi connectivity index (χ1n) is 12.3. The number of nitrogens with one attached hydrogen (secondary N) is 2. The number of carbonyl (C=O) groups excluding carboxylic acids is 1. The second kappa shape index (κ2) is 16.5. The molecule has 0 aromatic heterocycles. The zero-order valence-electron chi connectivity index (χ0n) is 19.6. The molecule has 1 aliphatic rings. The predicted octanol–water partition coefficient (Wildman–Crippen LogP) is 6.01. The quantitative estimate of drug-likeness (QED) is 0.166. The third kappa shape index (κ3) is 11.5. The van der Waals surface area contributed by atoms with Crippen LogP contribution in [0.25, 0.3) is 0 Å². The lowest BCUT2D eigenvalue weighted by atomic mass is 10.0. The van der Waals surface area contributed by atoms with E-state index in [1.165, 1.54) is 83.5 Å². The normalized spacial score (nSPS) is 21.0. The van der Waals surface area contributed by atoms with Crippen LogP contribution >= 0.6 is 0 Å². The highest BCUT2D eigenvalue weighted by atomic mass is 16.1. The van der Waals surface area contributed by atoms with Crippen molar-refractivity contribution >= 4 is 5.91 Å². The van der Waals surface area contributed by atoms with Crippen LogP contribution in [0.3, 0.4) is 0 Å². The molecule has 1 rings (SSSR count). The zero-order chi connectivity index (χ0) is 21.2. The molecule has 0 spiro atoms. The van der Waals surface area contributed by atoms with Gasteiger partial charge in [-0.3, -0.25) is 9.28 Å². The molecule has 0 aromatic carbocycles. The maximum Gasteiger partial charge on any atom is 0.217 e. The number of hydrogen-bond acceptors (Lipinski definition) is 2. The van der Waals surface area contributed by atoms with Gasteiger partial charge in [0.2, 0.25) is 5.91 Å². The summed E-state index contributed by atoms with van der Waals surface area (Å²) in [6.45, 7) is 8.84. The Morgan fingerprint density at radius 1 is 0.966 bits per heavy atom. The van der Waals surface area contributed by atoms with Gasteiger partial charge in [0.25, 0.3) is 0 Å². The van der Waals surface area contributed by atoms with Gasteiger partial charge in [0.1, 0.15) is 12.7 Å². The highest BCUT2D eigenvalue weighted by Gasteiger charge is 2.36. The predicted molar refractivity (Wildman–Crippen MR) is 125 cm³/mol. The molecule has 0 aliphatic carbocycles. The van der Waals surface area contributed by atoms with E-state index in [1.807, 2.05) is 0 Å². The summed E-state index contributed by atoms with van der Waals surface area (Å²) in [5.41, 5.74) is 0. The number of amides is 1. The molecular weight excluding hydrogens is 358 g/mol. The molecule has 0 bridgehead atoms. The number of hydrogen-bond donors (Lipinski definition) is 2. The van der Waals surface area contributed by atoms with Crippen molar-refractivity contribution in [3.8, 4) is 0 Å². The highest BCUT2D eigenvalue weighted by Crippen LogP contribution is 2.23. The van der Waals surface area contributed by atoms with E-state index in [-0.39, 0.29) is 5.91 Å². The summed E-state index contributed by atoms with van der Waals surface area (Å²) in [4.78, 5) is 11.2. The van der Waals surface area contributed by atoms with Crippen molar-refractivity contribution in [2.75, 3.05) is 19.6 Å². The van der Waals surface area contributed by atoms with E-state index < -0.39 is 0 Å². The molecule has 4 heteroatoms. The molecule has 2 atom stereocenters. The van der Waals surface area contributed by atoms with Gasteiger partial charge in [-0.05, 0) is 32.6 Å².